The number of carbonyl (C=O) groups excluding carboxylic acids is 2. The molecule has 0 aliphatic heterocycles. The number of pyridine rings is 1. The monoisotopic (exact) mass is 354 g/mol. The maximum absolute atomic E-state index is 11.8. The summed E-state index contributed by atoms with van der Waals surface area (Å²) in [5, 5.41) is 2.96. The molecule has 0 saturated heterocycles. The highest BCUT2D eigenvalue weighted by Gasteiger charge is 2.12. The molecule has 0 atom stereocenters. The standard InChI is InChI=1S/C15H12Cl2N2O4/c1-22-11-4-2-9(3-5-11)15(21)23-8-13(20)19-14-12(17)6-10(16)7-18-14/h2-7H,8H2,1H3,(H,18,19,20). The molecular weight excluding hydrogens is 343 g/mol. The van der Waals surface area contributed by atoms with Crippen LogP contribution in [0, 0.1) is 0 Å². The summed E-state index contributed by atoms with van der Waals surface area (Å²) in [6, 6.07) is 7.75. The quantitative estimate of drug-likeness (QED) is 0.834. The molecule has 1 heterocycles. The maximum Gasteiger partial charge on any atom is 0.338 e. The lowest BCUT2D eigenvalue weighted by Gasteiger charge is -2.07. The number of hydrogen-bond acceptors (Lipinski definition) is 5. The van der Waals surface area contributed by atoms with Crippen LogP contribution in [0.5, 0.6) is 5.75 Å². The van der Waals surface area contributed by atoms with Gasteiger partial charge in [0, 0.05) is 6.20 Å². The van der Waals surface area contributed by atoms with Gasteiger partial charge in [0.2, 0.25) is 0 Å². The van der Waals surface area contributed by atoms with Gasteiger partial charge in [-0.25, -0.2) is 9.78 Å². The van der Waals surface area contributed by atoms with E-state index in [1.54, 1.807) is 12.1 Å². The van der Waals surface area contributed by atoms with Crippen LogP contribution in [0.2, 0.25) is 10.0 Å². The van der Waals surface area contributed by atoms with Gasteiger partial charge in [-0.3, -0.25) is 4.79 Å². The molecule has 0 saturated carbocycles. The zero-order valence-electron chi connectivity index (χ0n) is 12.0. The van der Waals surface area contributed by atoms with Crippen LogP contribution in [0.3, 0.4) is 0 Å². The lowest BCUT2D eigenvalue weighted by Crippen LogP contribution is -2.21. The third kappa shape index (κ3) is 4.84. The topological polar surface area (TPSA) is 77.5 Å². The van der Waals surface area contributed by atoms with Crippen LogP contribution in [0.4, 0.5) is 5.82 Å². The van der Waals surface area contributed by atoms with E-state index in [4.69, 9.17) is 32.7 Å². The summed E-state index contributed by atoms with van der Waals surface area (Å²) in [5.41, 5.74) is 0.307. The number of aromatic nitrogens is 1. The summed E-state index contributed by atoms with van der Waals surface area (Å²) >= 11 is 11.6. The highest BCUT2D eigenvalue weighted by molar-refractivity contribution is 6.36. The summed E-state index contributed by atoms with van der Waals surface area (Å²) < 4.78 is 9.90. The molecule has 0 aliphatic rings. The molecule has 0 aliphatic carbocycles. The van der Waals surface area contributed by atoms with Crippen LogP contribution in [0.1, 0.15) is 10.4 Å². The fourth-order valence-corrected chi connectivity index (χ4v) is 2.04. The first-order valence-electron chi connectivity index (χ1n) is 6.41. The maximum atomic E-state index is 11.8. The van der Waals surface area contributed by atoms with E-state index in [0.29, 0.717) is 16.3 Å². The van der Waals surface area contributed by atoms with Gasteiger partial charge in [-0.15, -0.1) is 0 Å². The second-order valence-corrected chi connectivity index (χ2v) is 5.18. The second kappa shape index (κ2) is 7.80. The average Bonchev–Trinajstić information content (AvgIpc) is 2.55. The van der Waals surface area contributed by atoms with Gasteiger partial charge in [0.15, 0.2) is 12.4 Å². The summed E-state index contributed by atoms with van der Waals surface area (Å²) in [4.78, 5) is 27.4. The molecule has 1 aromatic carbocycles. The third-order valence-electron chi connectivity index (χ3n) is 2.73. The first-order chi connectivity index (χ1) is 11.0. The van der Waals surface area contributed by atoms with E-state index in [2.05, 4.69) is 10.3 Å². The number of halogens is 2. The molecule has 0 spiro atoms. The SMILES string of the molecule is COc1ccc(C(=O)OCC(=O)Nc2ncc(Cl)cc2Cl)cc1. The molecule has 2 rings (SSSR count). The smallest absolute Gasteiger partial charge is 0.338 e. The number of nitrogens with zero attached hydrogens (tertiary/aromatic N) is 1. The number of nitrogens with one attached hydrogen (secondary N) is 1. The van der Waals surface area contributed by atoms with Gasteiger partial charge in [-0.2, -0.15) is 0 Å². The number of hydrogen-bond donors (Lipinski definition) is 1. The molecule has 2 aromatic rings. The van der Waals surface area contributed by atoms with Crippen LogP contribution in [-0.4, -0.2) is 30.6 Å². The fraction of sp³-hybridized carbons (Fsp3) is 0.133. The Morgan fingerprint density at radius 3 is 2.52 bits per heavy atom. The van der Waals surface area contributed by atoms with Crippen molar-refractivity contribution in [3.05, 3.63) is 52.1 Å². The van der Waals surface area contributed by atoms with Crippen molar-refractivity contribution in [1.82, 2.24) is 4.98 Å². The minimum Gasteiger partial charge on any atom is -0.497 e. The Morgan fingerprint density at radius 1 is 1.22 bits per heavy atom. The Balaban J connectivity index is 1.89. The lowest BCUT2D eigenvalue weighted by molar-refractivity contribution is -0.119. The Morgan fingerprint density at radius 2 is 1.91 bits per heavy atom. The van der Waals surface area contributed by atoms with Crippen LogP contribution in [0.25, 0.3) is 0 Å². The molecule has 1 N–H and O–H groups in total. The molecule has 0 bridgehead atoms. The normalized spacial score (nSPS) is 10.0. The van der Waals surface area contributed by atoms with Crippen molar-refractivity contribution < 1.29 is 19.1 Å². The number of amides is 1. The van der Waals surface area contributed by atoms with Crippen molar-refractivity contribution in [3.63, 3.8) is 0 Å². The van der Waals surface area contributed by atoms with Crippen LogP contribution in [-0.2, 0) is 9.53 Å². The van der Waals surface area contributed by atoms with Gasteiger partial charge in [-0.1, -0.05) is 23.2 Å². The van der Waals surface area contributed by atoms with Crippen LogP contribution < -0.4 is 10.1 Å². The Labute approximate surface area is 142 Å². The van der Waals surface area contributed by atoms with Crippen molar-refractivity contribution in [3.8, 4) is 5.75 Å². The molecule has 23 heavy (non-hydrogen) atoms. The van der Waals surface area contributed by atoms with E-state index in [-0.39, 0.29) is 10.8 Å². The van der Waals surface area contributed by atoms with E-state index in [9.17, 15) is 9.59 Å². The summed E-state index contributed by atoms with van der Waals surface area (Å²) in [6.07, 6.45) is 1.34. The molecule has 0 radical (unpaired) electrons. The van der Waals surface area contributed by atoms with Crippen molar-refractivity contribution >= 4 is 40.9 Å². The minimum absolute atomic E-state index is 0.140. The van der Waals surface area contributed by atoms with E-state index in [1.165, 1.54) is 31.5 Å². The summed E-state index contributed by atoms with van der Waals surface area (Å²) in [7, 11) is 1.52. The van der Waals surface area contributed by atoms with Gasteiger partial charge in [0.05, 0.1) is 22.7 Å². The van der Waals surface area contributed by atoms with Gasteiger partial charge in [0.1, 0.15) is 5.75 Å². The zero-order valence-corrected chi connectivity index (χ0v) is 13.5. The summed E-state index contributed by atoms with van der Waals surface area (Å²) in [6.45, 7) is -0.467. The van der Waals surface area contributed by atoms with E-state index in [1.807, 2.05) is 0 Å². The predicted molar refractivity (Wildman–Crippen MR) is 86.2 cm³/mol. The first-order valence-corrected chi connectivity index (χ1v) is 7.17. The molecule has 1 amide bonds. The van der Waals surface area contributed by atoms with Crippen LogP contribution >= 0.6 is 23.2 Å². The number of ether oxygens (including phenoxy) is 2. The number of benzene rings is 1. The average molecular weight is 355 g/mol. The second-order valence-electron chi connectivity index (χ2n) is 4.34. The van der Waals surface area contributed by atoms with Gasteiger partial charge in [-0.05, 0) is 30.3 Å². The third-order valence-corrected chi connectivity index (χ3v) is 3.22. The molecule has 0 unspecified atom stereocenters. The largest absolute Gasteiger partial charge is 0.497 e. The number of carbonyl (C=O) groups is 2. The van der Waals surface area contributed by atoms with E-state index >= 15 is 0 Å². The fourth-order valence-electron chi connectivity index (χ4n) is 1.62. The molecule has 6 nitrogen and oxygen atoms in total. The van der Waals surface area contributed by atoms with Crippen molar-refractivity contribution in [1.29, 1.82) is 0 Å². The minimum atomic E-state index is -0.627. The van der Waals surface area contributed by atoms with Crippen molar-refractivity contribution in [2.24, 2.45) is 0 Å². The Hall–Kier alpha value is -2.31. The molecule has 120 valence electrons. The summed E-state index contributed by atoms with van der Waals surface area (Å²) in [5.74, 6) is -0.439. The highest BCUT2D eigenvalue weighted by Crippen LogP contribution is 2.22. The highest BCUT2D eigenvalue weighted by atomic mass is 35.5. The number of rotatable bonds is 5. The van der Waals surface area contributed by atoms with Crippen molar-refractivity contribution in [2.75, 3.05) is 19.0 Å². The zero-order chi connectivity index (χ0) is 16.8. The Kier molecular flexibility index (Phi) is 5.78. The first kappa shape index (κ1) is 17.1. The Bertz CT molecular complexity index is 720. The number of methoxy groups -OCH3 is 1. The van der Waals surface area contributed by atoms with Gasteiger partial charge >= 0.3 is 5.97 Å². The number of anilines is 1. The number of esters is 1. The molecule has 8 heteroatoms. The predicted octanol–water partition coefficient (Wildman–Crippen LogP) is 3.19. The van der Waals surface area contributed by atoms with Gasteiger partial charge in [0.25, 0.3) is 5.91 Å². The van der Waals surface area contributed by atoms with Gasteiger partial charge < -0.3 is 14.8 Å². The van der Waals surface area contributed by atoms with Crippen LogP contribution in [0.15, 0.2) is 36.5 Å². The van der Waals surface area contributed by atoms with Crippen molar-refractivity contribution in [2.45, 2.75) is 0 Å². The molecular formula is C15H12Cl2N2O4. The van der Waals surface area contributed by atoms with E-state index < -0.39 is 18.5 Å². The lowest BCUT2D eigenvalue weighted by atomic mass is 10.2. The molecule has 1 aromatic heterocycles. The van der Waals surface area contributed by atoms with E-state index in [0.717, 1.165) is 0 Å². The molecule has 0 fully saturated rings.